The molecule has 1 fully saturated rings. The summed E-state index contributed by atoms with van der Waals surface area (Å²) in [6, 6.07) is 8.25. The van der Waals surface area contributed by atoms with E-state index < -0.39 is 6.10 Å². The lowest BCUT2D eigenvalue weighted by atomic mass is 9.98. The number of rotatable bonds is 5. The second-order valence-electron chi connectivity index (χ2n) is 5.22. The first-order chi connectivity index (χ1) is 9.20. The number of hydrogen-bond acceptors (Lipinski definition) is 3. The van der Waals surface area contributed by atoms with Gasteiger partial charge in [0.15, 0.2) is 0 Å². The Morgan fingerprint density at radius 1 is 1.26 bits per heavy atom. The number of aliphatic hydroxyl groups excluding tert-OH is 2. The molecule has 106 valence electrons. The lowest BCUT2D eigenvalue weighted by molar-refractivity contribution is 0.0565. The summed E-state index contributed by atoms with van der Waals surface area (Å²) in [4.78, 5) is 2.33. The Morgan fingerprint density at radius 3 is 2.68 bits per heavy atom. The SMILES string of the molecule is OCC[C@@H]1CCCCN1C[C@H](O)c1ccc(Br)cc1. The second kappa shape index (κ2) is 7.39. The van der Waals surface area contributed by atoms with Gasteiger partial charge >= 0.3 is 0 Å². The van der Waals surface area contributed by atoms with Gasteiger partial charge < -0.3 is 10.2 Å². The van der Waals surface area contributed by atoms with Crippen molar-refractivity contribution in [3.63, 3.8) is 0 Å². The number of likely N-dealkylation sites (tertiary alicyclic amines) is 1. The molecule has 0 radical (unpaired) electrons. The number of benzene rings is 1. The largest absolute Gasteiger partial charge is 0.396 e. The molecule has 1 aliphatic heterocycles. The van der Waals surface area contributed by atoms with E-state index in [1.165, 1.54) is 12.8 Å². The third kappa shape index (κ3) is 4.28. The summed E-state index contributed by atoms with van der Waals surface area (Å²) in [5, 5.41) is 19.5. The Hall–Kier alpha value is -0.420. The number of halogens is 1. The molecule has 2 N–H and O–H groups in total. The predicted molar refractivity (Wildman–Crippen MR) is 80.0 cm³/mol. The summed E-state index contributed by atoms with van der Waals surface area (Å²) in [5.74, 6) is 0. The molecule has 1 heterocycles. The maximum Gasteiger partial charge on any atom is 0.0917 e. The molecule has 19 heavy (non-hydrogen) atoms. The van der Waals surface area contributed by atoms with Gasteiger partial charge in [-0.1, -0.05) is 34.5 Å². The van der Waals surface area contributed by atoms with Crippen LogP contribution in [0.4, 0.5) is 0 Å². The molecule has 1 aliphatic rings. The third-order valence-electron chi connectivity index (χ3n) is 3.87. The highest BCUT2D eigenvalue weighted by Crippen LogP contribution is 2.24. The number of aliphatic hydroxyl groups is 2. The van der Waals surface area contributed by atoms with Crippen molar-refractivity contribution in [2.24, 2.45) is 0 Å². The molecule has 2 rings (SSSR count). The maximum atomic E-state index is 10.3. The van der Waals surface area contributed by atoms with Crippen molar-refractivity contribution in [2.45, 2.75) is 37.8 Å². The van der Waals surface area contributed by atoms with Crippen molar-refractivity contribution in [1.29, 1.82) is 0 Å². The highest BCUT2D eigenvalue weighted by molar-refractivity contribution is 9.10. The fraction of sp³-hybridized carbons (Fsp3) is 0.600. The summed E-state index contributed by atoms with van der Waals surface area (Å²) in [5.41, 5.74) is 0.955. The molecule has 0 spiro atoms. The molecule has 3 nitrogen and oxygen atoms in total. The molecule has 0 amide bonds. The predicted octanol–water partition coefficient (Wildman–Crippen LogP) is 2.72. The summed E-state index contributed by atoms with van der Waals surface area (Å²) in [7, 11) is 0. The van der Waals surface area contributed by atoms with Crippen LogP contribution in [-0.2, 0) is 0 Å². The van der Waals surface area contributed by atoms with E-state index in [0.717, 1.165) is 29.4 Å². The van der Waals surface area contributed by atoms with Crippen molar-refractivity contribution < 1.29 is 10.2 Å². The fourth-order valence-corrected chi connectivity index (χ4v) is 3.05. The van der Waals surface area contributed by atoms with E-state index >= 15 is 0 Å². The van der Waals surface area contributed by atoms with Gasteiger partial charge in [-0.3, -0.25) is 4.90 Å². The van der Waals surface area contributed by atoms with Gasteiger partial charge in [0.05, 0.1) is 6.10 Å². The first-order valence-electron chi connectivity index (χ1n) is 6.99. The van der Waals surface area contributed by atoms with Crippen LogP contribution in [0.3, 0.4) is 0 Å². The number of β-amino-alcohol motifs (C(OH)–C–C–N with tert-alkyl or cyclic N) is 1. The second-order valence-corrected chi connectivity index (χ2v) is 6.14. The molecule has 0 saturated carbocycles. The van der Waals surface area contributed by atoms with E-state index in [0.29, 0.717) is 12.6 Å². The minimum Gasteiger partial charge on any atom is -0.396 e. The average Bonchev–Trinajstić information content (AvgIpc) is 2.42. The molecule has 1 saturated heterocycles. The zero-order valence-electron chi connectivity index (χ0n) is 11.1. The Labute approximate surface area is 123 Å². The normalized spacial score (nSPS) is 22.4. The molecule has 0 aliphatic carbocycles. The minimum atomic E-state index is -0.451. The Balaban J connectivity index is 1.96. The first-order valence-corrected chi connectivity index (χ1v) is 7.78. The Bertz CT molecular complexity index is 380. The van der Waals surface area contributed by atoms with Crippen LogP contribution >= 0.6 is 15.9 Å². The van der Waals surface area contributed by atoms with Gasteiger partial charge in [-0.05, 0) is 43.5 Å². The molecule has 0 aromatic heterocycles. The topological polar surface area (TPSA) is 43.7 Å². The number of piperidine rings is 1. The van der Waals surface area contributed by atoms with Gasteiger partial charge in [-0.15, -0.1) is 0 Å². The van der Waals surface area contributed by atoms with Crippen LogP contribution in [0.5, 0.6) is 0 Å². The number of nitrogens with zero attached hydrogens (tertiary/aromatic N) is 1. The standard InChI is InChI=1S/C15H22BrNO2/c16-13-6-4-12(5-7-13)15(19)11-17-9-2-1-3-14(17)8-10-18/h4-7,14-15,18-19H,1-3,8-11H2/t14-,15-/m0/s1. The fourth-order valence-electron chi connectivity index (χ4n) is 2.79. The average molecular weight is 328 g/mol. The van der Waals surface area contributed by atoms with Crippen LogP contribution < -0.4 is 0 Å². The summed E-state index contributed by atoms with van der Waals surface area (Å²) in [6.07, 6.45) is 3.91. The zero-order valence-corrected chi connectivity index (χ0v) is 12.7. The van der Waals surface area contributed by atoms with Crippen molar-refractivity contribution >= 4 is 15.9 Å². The molecule has 0 unspecified atom stereocenters. The molecule has 2 atom stereocenters. The summed E-state index contributed by atoms with van der Waals surface area (Å²) < 4.78 is 1.03. The number of hydrogen-bond donors (Lipinski definition) is 2. The lowest BCUT2D eigenvalue weighted by Crippen LogP contribution is -2.42. The Morgan fingerprint density at radius 2 is 2.00 bits per heavy atom. The molecular weight excluding hydrogens is 306 g/mol. The van der Waals surface area contributed by atoms with E-state index in [4.69, 9.17) is 5.11 Å². The van der Waals surface area contributed by atoms with Crippen molar-refractivity contribution in [3.8, 4) is 0 Å². The minimum absolute atomic E-state index is 0.232. The molecular formula is C15H22BrNO2. The third-order valence-corrected chi connectivity index (χ3v) is 4.40. The van der Waals surface area contributed by atoms with Crippen LogP contribution in [0.2, 0.25) is 0 Å². The van der Waals surface area contributed by atoms with Crippen LogP contribution in [0.25, 0.3) is 0 Å². The summed E-state index contributed by atoms with van der Waals surface area (Å²) in [6.45, 7) is 1.92. The quantitative estimate of drug-likeness (QED) is 0.873. The van der Waals surface area contributed by atoms with E-state index in [1.807, 2.05) is 24.3 Å². The van der Waals surface area contributed by atoms with Crippen LogP contribution in [0, 0.1) is 0 Å². The monoisotopic (exact) mass is 327 g/mol. The molecule has 1 aromatic carbocycles. The highest BCUT2D eigenvalue weighted by atomic mass is 79.9. The van der Waals surface area contributed by atoms with Crippen LogP contribution in [0.1, 0.15) is 37.4 Å². The molecule has 4 heteroatoms. The molecule has 0 bridgehead atoms. The molecule has 1 aromatic rings. The van der Waals surface area contributed by atoms with E-state index in [9.17, 15) is 5.11 Å². The maximum absolute atomic E-state index is 10.3. The van der Waals surface area contributed by atoms with Gasteiger partial charge in [0, 0.05) is 23.7 Å². The first kappa shape index (κ1) is 15.0. The van der Waals surface area contributed by atoms with E-state index in [2.05, 4.69) is 20.8 Å². The Kier molecular flexibility index (Phi) is 5.82. The van der Waals surface area contributed by atoms with Gasteiger partial charge in [0.1, 0.15) is 0 Å². The smallest absolute Gasteiger partial charge is 0.0917 e. The highest BCUT2D eigenvalue weighted by Gasteiger charge is 2.24. The van der Waals surface area contributed by atoms with Gasteiger partial charge in [0.25, 0.3) is 0 Å². The van der Waals surface area contributed by atoms with Gasteiger partial charge in [0.2, 0.25) is 0 Å². The van der Waals surface area contributed by atoms with Gasteiger partial charge in [-0.25, -0.2) is 0 Å². The van der Waals surface area contributed by atoms with E-state index in [-0.39, 0.29) is 6.61 Å². The zero-order chi connectivity index (χ0) is 13.7. The van der Waals surface area contributed by atoms with Crippen molar-refractivity contribution in [2.75, 3.05) is 19.7 Å². The van der Waals surface area contributed by atoms with Crippen LogP contribution in [0.15, 0.2) is 28.7 Å². The van der Waals surface area contributed by atoms with Crippen molar-refractivity contribution in [1.82, 2.24) is 4.90 Å². The lowest BCUT2D eigenvalue weighted by Gasteiger charge is -2.36. The van der Waals surface area contributed by atoms with Gasteiger partial charge in [-0.2, -0.15) is 0 Å². The summed E-state index contributed by atoms with van der Waals surface area (Å²) >= 11 is 3.40. The van der Waals surface area contributed by atoms with Crippen LogP contribution in [-0.4, -0.2) is 40.9 Å². The van der Waals surface area contributed by atoms with Crippen molar-refractivity contribution in [3.05, 3.63) is 34.3 Å². The van der Waals surface area contributed by atoms with E-state index in [1.54, 1.807) is 0 Å².